The van der Waals surface area contributed by atoms with Gasteiger partial charge in [0.2, 0.25) is 11.8 Å². The summed E-state index contributed by atoms with van der Waals surface area (Å²) in [4.78, 5) is 40.4. The molecule has 2 fully saturated rings. The van der Waals surface area contributed by atoms with Gasteiger partial charge in [-0.25, -0.2) is 0 Å². The average Bonchev–Trinajstić information content (AvgIpc) is 3.27. The number of ether oxygens (including phenoxy) is 2. The maximum absolute atomic E-state index is 12.7. The molecule has 5 aromatic carbocycles. The number of aliphatic hydroxyl groups is 1. The Morgan fingerprint density at radius 2 is 1.49 bits per heavy atom. The summed E-state index contributed by atoms with van der Waals surface area (Å²) in [5, 5.41) is 26.5. The summed E-state index contributed by atoms with van der Waals surface area (Å²) in [6.45, 7) is 4.30. The molecular weight excluding hydrogens is 749 g/mol. The molecule has 306 valence electrons. The monoisotopic (exact) mass is 798 g/mol. The van der Waals surface area contributed by atoms with Gasteiger partial charge in [-0.3, -0.25) is 24.6 Å². The number of carbonyl (C=O) groups excluding carboxylic acids is 2. The minimum atomic E-state index is -0.618. The van der Waals surface area contributed by atoms with Crippen LogP contribution in [0.5, 0.6) is 0 Å². The van der Waals surface area contributed by atoms with Crippen molar-refractivity contribution < 1.29 is 29.1 Å². The number of benzene rings is 5. The molecule has 5 N–H and O–H groups in total. The third kappa shape index (κ3) is 11.1. The van der Waals surface area contributed by atoms with Crippen LogP contribution in [0, 0.1) is 10.1 Å². The first-order valence-electron chi connectivity index (χ1n) is 20.0. The van der Waals surface area contributed by atoms with Crippen molar-refractivity contribution in [3.8, 4) is 11.1 Å². The lowest BCUT2D eigenvalue weighted by Gasteiger charge is -2.41. The number of nitrogens with zero attached hydrogens (tertiary/aromatic N) is 3. The molecule has 2 aliphatic rings. The SMILES string of the molecule is Nc1ccccc1NC(=O)CCCC(=O)NCc1cccc(-c2cccc(C3OC(CN4CCN(c5ccc([N+](=O)[O-])cc5)CC4)CC(c4ccc(CO)cc4)O3)c2)c1. The number of anilines is 3. The topological polar surface area (TPSA) is 173 Å². The molecule has 2 saturated heterocycles. The molecule has 7 rings (SSSR count). The van der Waals surface area contributed by atoms with Gasteiger partial charge in [-0.05, 0) is 70.6 Å². The Hall–Kier alpha value is -6.12. The quantitative estimate of drug-likeness (QED) is 0.0485. The summed E-state index contributed by atoms with van der Waals surface area (Å²) in [5.41, 5.74) is 13.7. The lowest BCUT2D eigenvalue weighted by molar-refractivity contribution is -0.384. The number of amides is 2. The Kier molecular flexibility index (Phi) is 13.6. The fraction of sp³-hybridized carbons (Fsp3) is 0.304. The largest absolute Gasteiger partial charge is 0.397 e. The van der Waals surface area contributed by atoms with Crippen molar-refractivity contribution in [2.45, 2.75) is 57.3 Å². The molecule has 0 spiro atoms. The van der Waals surface area contributed by atoms with E-state index >= 15 is 0 Å². The van der Waals surface area contributed by atoms with E-state index in [1.165, 1.54) is 0 Å². The molecule has 2 aliphatic heterocycles. The highest BCUT2D eigenvalue weighted by Gasteiger charge is 2.34. The standard InChI is InChI=1S/C46H50N6O7/c47-41-10-1-2-11-42(41)49-45(55)13-5-12-44(54)48-29-33-6-3-7-35(26-33)36-8-4-9-37(27-36)46-58-40(28-43(59-46)34-16-14-32(31-53)15-17-34)30-50-22-24-51(25-23-50)38-18-20-39(21-19-38)52(56)57/h1-4,6-11,14-21,26-27,40,43,46,53H,5,12-13,22-25,28-31,47H2,(H,48,54)(H,49,55). The third-order valence-electron chi connectivity index (χ3n) is 10.8. The zero-order chi connectivity index (χ0) is 41.1. The summed E-state index contributed by atoms with van der Waals surface area (Å²) in [7, 11) is 0. The van der Waals surface area contributed by atoms with E-state index in [2.05, 4.69) is 32.6 Å². The van der Waals surface area contributed by atoms with Gasteiger partial charge in [0.05, 0.1) is 35.1 Å². The second-order valence-electron chi connectivity index (χ2n) is 15.0. The minimum Gasteiger partial charge on any atom is -0.397 e. The van der Waals surface area contributed by atoms with Crippen LogP contribution in [0.4, 0.5) is 22.7 Å². The first-order chi connectivity index (χ1) is 28.7. The van der Waals surface area contributed by atoms with Crippen LogP contribution in [0.15, 0.2) is 121 Å². The van der Waals surface area contributed by atoms with Crippen LogP contribution >= 0.6 is 0 Å². The van der Waals surface area contributed by atoms with Crippen molar-refractivity contribution in [2.24, 2.45) is 0 Å². The number of nitrogen functional groups attached to an aromatic ring is 1. The van der Waals surface area contributed by atoms with Crippen LogP contribution in [0.3, 0.4) is 0 Å². The van der Waals surface area contributed by atoms with Gasteiger partial charge >= 0.3 is 0 Å². The van der Waals surface area contributed by atoms with Crippen LogP contribution < -0.4 is 21.3 Å². The number of rotatable bonds is 15. The molecule has 3 atom stereocenters. The lowest BCUT2D eigenvalue weighted by atomic mass is 9.98. The Bertz CT molecular complexity index is 2210. The average molecular weight is 799 g/mol. The van der Waals surface area contributed by atoms with Gasteiger partial charge in [0, 0.05) is 81.9 Å². The molecule has 0 aromatic heterocycles. The van der Waals surface area contributed by atoms with Crippen LogP contribution in [0.2, 0.25) is 0 Å². The van der Waals surface area contributed by atoms with E-state index in [1.54, 1.807) is 36.4 Å². The number of nitrogens with two attached hydrogens (primary N) is 1. The Morgan fingerprint density at radius 1 is 0.780 bits per heavy atom. The minimum absolute atomic E-state index is 0.0292. The Balaban J connectivity index is 0.969. The number of carbonyl (C=O) groups is 2. The molecule has 0 aliphatic carbocycles. The fourth-order valence-electron chi connectivity index (χ4n) is 7.54. The van der Waals surface area contributed by atoms with E-state index in [-0.39, 0.29) is 54.1 Å². The summed E-state index contributed by atoms with van der Waals surface area (Å²) < 4.78 is 13.4. The van der Waals surface area contributed by atoms with Crippen LogP contribution in [0.25, 0.3) is 11.1 Å². The Morgan fingerprint density at radius 3 is 2.22 bits per heavy atom. The van der Waals surface area contributed by atoms with E-state index in [9.17, 15) is 24.8 Å². The van der Waals surface area contributed by atoms with Crippen LogP contribution in [-0.2, 0) is 32.2 Å². The number of hydrogen-bond donors (Lipinski definition) is 4. The molecule has 3 unspecified atom stereocenters. The summed E-state index contributed by atoms with van der Waals surface area (Å²) in [6, 6.07) is 37.9. The van der Waals surface area contributed by atoms with Crippen molar-refractivity contribution in [2.75, 3.05) is 48.7 Å². The van der Waals surface area contributed by atoms with Gasteiger partial charge in [0.1, 0.15) is 0 Å². The molecular formula is C46H50N6O7. The number of nitrogens with one attached hydrogen (secondary N) is 2. The highest BCUT2D eigenvalue weighted by atomic mass is 16.7. The highest BCUT2D eigenvalue weighted by Crippen LogP contribution is 2.39. The summed E-state index contributed by atoms with van der Waals surface area (Å²) >= 11 is 0. The zero-order valence-corrected chi connectivity index (χ0v) is 32.9. The van der Waals surface area contributed by atoms with Gasteiger partial charge in [0.25, 0.3) is 5.69 Å². The number of hydrogen-bond acceptors (Lipinski definition) is 10. The van der Waals surface area contributed by atoms with Crippen LogP contribution in [-0.4, -0.2) is 65.6 Å². The number of piperazine rings is 1. The van der Waals surface area contributed by atoms with Gasteiger partial charge in [-0.15, -0.1) is 0 Å². The highest BCUT2D eigenvalue weighted by molar-refractivity contribution is 5.94. The second-order valence-corrected chi connectivity index (χ2v) is 15.0. The normalized spacial score (nSPS) is 18.3. The predicted molar refractivity (Wildman–Crippen MR) is 227 cm³/mol. The molecule has 2 heterocycles. The molecule has 0 bridgehead atoms. The first kappa shape index (κ1) is 41.1. The van der Waals surface area contributed by atoms with Crippen molar-refractivity contribution in [1.82, 2.24) is 10.2 Å². The smallest absolute Gasteiger partial charge is 0.269 e. The molecule has 5 aromatic rings. The van der Waals surface area contributed by atoms with E-state index in [0.29, 0.717) is 30.8 Å². The van der Waals surface area contributed by atoms with Crippen molar-refractivity contribution in [3.05, 3.63) is 154 Å². The molecule has 13 nitrogen and oxygen atoms in total. The van der Waals surface area contributed by atoms with E-state index in [0.717, 1.165) is 71.8 Å². The van der Waals surface area contributed by atoms with Gasteiger partial charge in [-0.1, -0.05) is 72.8 Å². The maximum atomic E-state index is 12.7. The predicted octanol–water partition coefficient (Wildman–Crippen LogP) is 7.13. The molecule has 2 amide bonds. The second kappa shape index (κ2) is 19.6. The first-order valence-corrected chi connectivity index (χ1v) is 20.0. The third-order valence-corrected chi connectivity index (χ3v) is 10.8. The molecule has 0 saturated carbocycles. The summed E-state index contributed by atoms with van der Waals surface area (Å²) in [6.07, 6.45) is 0.567. The number of aliphatic hydroxyl groups excluding tert-OH is 1. The maximum Gasteiger partial charge on any atom is 0.269 e. The van der Waals surface area contributed by atoms with E-state index < -0.39 is 6.29 Å². The van der Waals surface area contributed by atoms with Gasteiger partial charge in [-0.2, -0.15) is 0 Å². The van der Waals surface area contributed by atoms with Crippen molar-refractivity contribution in [3.63, 3.8) is 0 Å². The molecule has 13 heteroatoms. The number of non-ortho nitro benzene ring substituents is 1. The van der Waals surface area contributed by atoms with Crippen molar-refractivity contribution >= 4 is 34.6 Å². The zero-order valence-electron chi connectivity index (χ0n) is 32.9. The van der Waals surface area contributed by atoms with Gasteiger partial charge < -0.3 is 35.8 Å². The fourth-order valence-corrected chi connectivity index (χ4v) is 7.54. The van der Waals surface area contributed by atoms with Gasteiger partial charge in [0.15, 0.2) is 6.29 Å². The summed E-state index contributed by atoms with van der Waals surface area (Å²) in [5.74, 6) is -0.313. The van der Waals surface area contributed by atoms with E-state index in [1.807, 2.05) is 72.8 Å². The van der Waals surface area contributed by atoms with Crippen LogP contribution in [0.1, 0.15) is 60.3 Å². The molecule has 59 heavy (non-hydrogen) atoms. The van der Waals surface area contributed by atoms with Crippen molar-refractivity contribution in [1.29, 1.82) is 0 Å². The number of para-hydroxylation sites is 2. The number of nitro benzene ring substituents is 1. The Labute approximate surface area is 343 Å². The number of nitro groups is 1. The molecule has 0 radical (unpaired) electrons. The lowest BCUT2D eigenvalue weighted by Crippen LogP contribution is -2.49. The van der Waals surface area contributed by atoms with E-state index in [4.69, 9.17) is 15.2 Å².